The average molecular weight is 360 g/mol. The molecule has 0 saturated heterocycles. The molecular formula is C19H24N2O3S. The van der Waals surface area contributed by atoms with Crippen molar-refractivity contribution >= 4 is 28.8 Å². The Labute approximate surface area is 152 Å². The van der Waals surface area contributed by atoms with Crippen molar-refractivity contribution < 1.29 is 14.3 Å². The fourth-order valence-electron chi connectivity index (χ4n) is 2.10. The molecule has 1 aromatic heterocycles. The highest BCUT2D eigenvalue weighted by atomic mass is 32.1. The molecule has 25 heavy (non-hydrogen) atoms. The van der Waals surface area contributed by atoms with Crippen LogP contribution in [0.5, 0.6) is 0 Å². The molecule has 0 saturated carbocycles. The van der Waals surface area contributed by atoms with Crippen LogP contribution < -0.4 is 10.6 Å². The standard InChI is InChI=1S/C19H24N2O3S/c1-14(2)13-24-11-4-10-20-18(22)15-6-8-16(9-7-15)21-19(23)17-5-3-12-25-17/h3,5-9,12,14H,4,10-11,13H2,1-2H3,(H,20,22)(H,21,23). The first-order chi connectivity index (χ1) is 12.1. The van der Waals surface area contributed by atoms with Gasteiger partial charge in [0.15, 0.2) is 0 Å². The monoisotopic (exact) mass is 360 g/mol. The normalized spacial score (nSPS) is 10.7. The second-order valence-electron chi connectivity index (χ2n) is 6.09. The van der Waals surface area contributed by atoms with Crippen molar-refractivity contribution in [2.75, 3.05) is 25.1 Å². The van der Waals surface area contributed by atoms with Crippen LogP contribution >= 0.6 is 11.3 Å². The van der Waals surface area contributed by atoms with Gasteiger partial charge in [0, 0.05) is 31.0 Å². The van der Waals surface area contributed by atoms with Gasteiger partial charge in [0.1, 0.15) is 0 Å². The van der Waals surface area contributed by atoms with E-state index in [9.17, 15) is 9.59 Å². The maximum atomic E-state index is 12.1. The molecule has 2 N–H and O–H groups in total. The molecule has 5 nitrogen and oxygen atoms in total. The molecule has 2 aromatic rings. The van der Waals surface area contributed by atoms with Crippen molar-refractivity contribution in [1.29, 1.82) is 0 Å². The van der Waals surface area contributed by atoms with Crippen molar-refractivity contribution in [3.8, 4) is 0 Å². The van der Waals surface area contributed by atoms with Gasteiger partial charge in [-0.2, -0.15) is 0 Å². The Balaban J connectivity index is 1.73. The Bertz CT molecular complexity index is 666. The van der Waals surface area contributed by atoms with Gasteiger partial charge in [-0.3, -0.25) is 9.59 Å². The number of anilines is 1. The van der Waals surface area contributed by atoms with Crippen LogP contribution in [0.2, 0.25) is 0 Å². The lowest BCUT2D eigenvalue weighted by atomic mass is 10.2. The van der Waals surface area contributed by atoms with Crippen LogP contribution in [0, 0.1) is 5.92 Å². The van der Waals surface area contributed by atoms with Gasteiger partial charge in [-0.1, -0.05) is 19.9 Å². The summed E-state index contributed by atoms with van der Waals surface area (Å²) < 4.78 is 5.48. The van der Waals surface area contributed by atoms with Crippen LogP contribution in [0.4, 0.5) is 5.69 Å². The van der Waals surface area contributed by atoms with E-state index in [-0.39, 0.29) is 11.8 Å². The summed E-state index contributed by atoms with van der Waals surface area (Å²) in [6.07, 6.45) is 0.785. The number of rotatable bonds is 9. The SMILES string of the molecule is CC(C)COCCCNC(=O)c1ccc(NC(=O)c2cccs2)cc1. The number of hydrogen-bond acceptors (Lipinski definition) is 4. The first-order valence-corrected chi connectivity index (χ1v) is 9.25. The van der Waals surface area contributed by atoms with E-state index in [2.05, 4.69) is 24.5 Å². The number of thiophene rings is 1. The Morgan fingerprint density at radius 1 is 1.12 bits per heavy atom. The summed E-state index contributed by atoms with van der Waals surface area (Å²) >= 11 is 1.39. The van der Waals surface area contributed by atoms with Crippen molar-refractivity contribution in [1.82, 2.24) is 5.32 Å². The molecule has 0 fully saturated rings. The largest absolute Gasteiger partial charge is 0.381 e. The maximum absolute atomic E-state index is 12.1. The van der Waals surface area contributed by atoms with E-state index in [1.165, 1.54) is 11.3 Å². The van der Waals surface area contributed by atoms with Gasteiger partial charge in [-0.15, -0.1) is 11.3 Å². The second-order valence-corrected chi connectivity index (χ2v) is 7.03. The average Bonchev–Trinajstić information content (AvgIpc) is 3.13. The van der Waals surface area contributed by atoms with E-state index in [1.54, 1.807) is 30.3 Å². The molecule has 2 rings (SSSR count). The predicted molar refractivity (Wildman–Crippen MR) is 101 cm³/mol. The lowest BCUT2D eigenvalue weighted by molar-refractivity contribution is 0.0924. The summed E-state index contributed by atoms with van der Waals surface area (Å²) in [6, 6.07) is 10.5. The molecule has 1 aromatic carbocycles. The van der Waals surface area contributed by atoms with Crippen molar-refractivity contribution in [2.24, 2.45) is 5.92 Å². The minimum Gasteiger partial charge on any atom is -0.381 e. The number of hydrogen-bond donors (Lipinski definition) is 2. The van der Waals surface area contributed by atoms with E-state index < -0.39 is 0 Å². The van der Waals surface area contributed by atoms with E-state index >= 15 is 0 Å². The molecule has 6 heteroatoms. The van der Waals surface area contributed by atoms with Crippen molar-refractivity contribution in [2.45, 2.75) is 20.3 Å². The Hall–Kier alpha value is -2.18. The predicted octanol–water partition coefficient (Wildman–Crippen LogP) is 3.79. The number of amides is 2. The number of carbonyl (C=O) groups excluding carboxylic acids is 2. The third-order valence-corrected chi connectivity index (χ3v) is 4.22. The highest BCUT2D eigenvalue weighted by Gasteiger charge is 2.08. The third-order valence-electron chi connectivity index (χ3n) is 3.35. The van der Waals surface area contributed by atoms with Gasteiger partial charge in [0.25, 0.3) is 11.8 Å². The zero-order chi connectivity index (χ0) is 18.1. The Morgan fingerprint density at radius 2 is 1.88 bits per heavy atom. The first kappa shape index (κ1) is 19.1. The summed E-state index contributed by atoms with van der Waals surface area (Å²) in [5, 5.41) is 7.53. The summed E-state index contributed by atoms with van der Waals surface area (Å²) in [5.41, 5.74) is 1.23. The van der Waals surface area contributed by atoms with Crippen LogP contribution in [0.3, 0.4) is 0 Å². The van der Waals surface area contributed by atoms with Gasteiger partial charge in [0.05, 0.1) is 4.88 Å². The van der Waals surface area contributed by atoms with Gasteiger partial charge < -0.3 is 15.4 Å². The molecule has 134 valence electrons. The number of benzene rings is 1. The Morgan fingerprint density at radius 3 is 2.52 bits per heavy atom. The minimum absolute atomic E-state index is 0.125. The molecule has 0 unspecified atom stereocenters. The molecule has 0 aliphatic carbocycles. The van der Waals surface area contributed by atoms with Crippen LogP contribution in [0.1, 0.15) is 40.3 Å². The van der Waals surface area contributed by atoms with E-state index in [0.717, 1.165) is 13.0 Å². The number of ether oxygens (including phenoxy) is 1. The topological polar surface area (TPSA) is 67.4 Å². The van der Waals surface area contributed by atoms with Gasteiger partial charge in [0.2, 0.25) is 0 Å². The van der Waals surface area contributed by atoms with Crippen LogP contribution in [0.15, 0.2) is 41.8 Å². The highest BCUT2D eigenvalue weighted by molar-refractivity contribution is 7.12. The molecule has 2 amide bonds. The highest BCUT2D eigenvalue weighted by Crippen LogP contribution is 2.14. The van der Waals surface area contributed by atoms with E-state index in [1.807, 2.05) is 11.4 Å². The van der Waals surface area contributed by atoms with Crippen molar-refractivity contribution in [3.05, 3.63) is 52.2 Å². The molecule has 0 bridgehead atoms. The molecule has 0 aliphatic heterocycles. The fourth-order valence-corrected chi connectivity index (χ4v) is 2.72. The first-order valence-electron chi connectivity index (χ1n) is 8.37. The lowest BCUT2D eigenvalue weighted by Crippen LogP contribution is -2.25. The summed E-state index contributed by atoms with van der Waals surface area (Å²) in [7, 11) is 0. The summed E-state index contributed by atoms with van der Waals surface area (Å²) in [4.78, 5) is 24.7. The zero-order valence-electron chi connectivity index (χ0n) is 14.6. The quantitative estimate of drug-likeness (QED) is 0.669. The molecular weight excluding hydrogens is 336 g/mol. The number of nitrogens with one attached hydrogen (secondary N) is 2. The summed E-state index contributed by atoms with van der Waals surface area (Å²) in [5.74, 6) is 0.252. The molecule has 0 spiro atoms. The molecule has 0 aliphatic rings. The maximum Gasteiger partial charge on any atom is 0.265 e. The minimum atomic E-state index is -0.145. The number of carbonyl (C=O) groups is 2. The lowest BCUT2D eigenvalue weighted by Gasteiger charge is -2.08. The Kier molecular flexibility index (Phi) is 7.63. The third kappa shape index (κ3) is 6.68. The van der Waals surface area contributed by atoms with Crippen LogP contribution in [-0.4, -0.2) is 31.6 Å². The smallest absolute Gasteiger partial charge is 0.265 e. The molecule has 0 radical (unpaired) electrons. The molecule has 0 atom stereocenters. The van der Waals surface area contributed by atoms with Crippen molar-refractivity contribution in [3.63, 3.8) is 0 Å². The van der Waals surface area contributed by atoms with Gasteiger partial charge >= 0.3 is 0 Å². The van der Waals surface area contributed by atoms with Gasteiger partial charge in [-0.25, -0.2) is 0 Å². The van der Waals surface area contributed by atoms with E-state index in [4.69, 9.17) is 4.74 Å². The summed E-state index contributed by atoms with van der Waals surface area (Å²) in [6.45, 7) is 6.18. The van der Waals surface area contributed by atoms with Gasteiger partial charge in [-0.05, 0) is 48.1 Å². The van der Waals surface area contributed by atoms with Crippen LogP contribution in [-0.2, 0) is 4.74 Å². The zero-order valence-corrected chi connectivity index (χ0v) is 15.4. The van der Waals surface area contributed by atoms with Crippen LogP contribution in [0.25, 0.3) is 0 Å². The second kappa shape index (κ2) is 9.96. The fraction of sp³-hybridized carbons (Fsp3) is 0.368. The van der Waals surface area contributed by atoms with E-state index in [0.29, 0.717) is 35.2 Å². The molecule has 1 heterocycles.